The van der Waals surface area contributed by atoms with Crippen molar-refractivity contribution in [2.75, 3.05) is 13.1 Å². The predicted octanol–water partition coefficient (Wildman–Crippen LogP) is 5.34. The fraction of sp³-hybridized carbons (Fsp3) is 0.179. The van der Waals surface area contributed by atoms with E-state index < -0.39 is 0 Å². The van der Waals surface area contributed by atoms with Gasteiger partial charge < -0.3 is 10.0 Å². The average Bonchev–Trinajstić information content (AvgIpc) is 2.88. The molecule has 33 heavy (non-hydrogen) atoms. The Bertz CT molecular complexity index is 1310. The lowest BCUT2D eigenvalue weighted by Crippen LogP contribution is -2.40. The second-order valence-electron chi connectivity index (χ2n) is 8.42. The third-order valence-electron chi connectivity index (χ3n) is 6.32. The molecule has 4 aromatic rings. The zero-order chi connectivity index (χ0) is 22.8. The number of hydrogen-bond acceptors (Lipinski definition) is 4. The smallest absolute Gasteiger partial charge is 0.254 e. The molecule has 1 N–H and O–H groups in total. The van der Waals surface area contributed by atoms with Crippen LogP contribution in [0.3, 0.4) is 0 Å². The second-order valence-corrected chi connectivity index (χ2v) is 8.42. The van der Waals surface area contributed by atoms with E-state index in [2.05, 4.69) is 0 Å². The van der Waals surface area contributed by atoms with Crippen LogP contribution in [-0.4, -0.2) is 39.8 Å². The number of likely N-dealkylation sites (tertiary alicyclic amines) is 1. The van der Waals surface area contributed by atoms with Crippen LogP contribution in [-0.2, 0) is 0 Å². The molecule has 0 unspecified atom stereocenters. The number of hydrogen-bond donors (Lipinski definition) is 1. The molecule has 1 amide bonds. The van der Waals surface area contributed by atoms with Gasteiger partial charge in [0, 0.05) is 35.5 Å². The Labute approximate surface area is 192 Å². The Hall–Kier alpha value is -3.99. The van der Waals surface area contributed by atoms with Gasteiger partial charge in [-0.3, -0.25) is 9.59 Å². The van der Waals surface area contributed by atoms with Crippen molar-refractivity contribution in [1.82, 2.24) is 9.88 Å². The van der Waals surface area contributed by atoms with Crippen molar-refractivity contribution in [1.29, 1.82) is 0 Å². The quantitative estimate of drug-likeness (QED) is 0.438. The normalized spacial score (nSPS) is 14.4. The number of rotatable bonds is 4. The number of carbonyl (C=O) groups is 2. The lowest BCUT2D eigenvalue weighted by molar-refractivity contribution is 0.0652. The number of para-hydroxylation sites is 1. The topological polar surface area (TPSA) is 70.5 Å². The number of benzene rings is 3. The van der Waals surface area contributed by atoms with Crippen LogP contribution in [0.5, 0.6) is 5.75 Å². The summed E-state index contributed by atoms with van der Waals surface area (Å²) in [6.45, 7) is 1.06. The van der Waals surface area contributed by atoms with Crippen LogP contribution in [0.2, 0.25) is 0 Å². The largest absolute Gasteiger partial charge is 0.508 e. The van der Waals surface area contributed by atoms with E-state index in [1.54, 1.807) is 12.1 Å². The molecule has 5 nitrogen and oxygen atoms in total. The van der Waals surface area contributed by atoms with E-state index in [0.29, 0.717) is 37.1 Å². The highest BCUT2D eigenvalue weighted by Crippen LogP contribution is 2.28. The summed E-state index contributed by atoms with van der Waals surface area (Å²) in [5.41, 5.74) is 3.78. The minimum atomic E-state index is -0.118. The maximum absolute atomic E-state index is 13.6. The fourth-order valence-corrected chi connectivity index (χ4v) is 4.49. The van der Waals surface area contributed by atoms with Gasteiger partial charge in [0.25, 0.3) is 5.91 Å². The number of nitrogens with zero attached hydrogens (tertiary/aromatic N) is 2. The highest BCUT2D eigenvalue weighted by molar-refractivity contribution is 6.07. The molecule has 0 spiro atoms. The summed E-state index contributed by atoms with van der Waals surface area (Å²) in [5.74, 6) is 0.0724. The van der Waals surface area contributed by atoms with Gasteiger partial charge in [0.15, 0.2) is 5.78 Å². The van der Waals surface area contributed by atoms with Gasteiger partial charge in [-0.1, -0.05) is 48.5 Å². The molecule has 1 fully saturated rings. The number of carbonyl (C=O) groups excluding carboxylic acids is 2. The van der Waals surface area contributed by atoms with Crippen LogP contribution in [0, 0.1) is 5.92 Å². The van der Waals surface area contributed by atoms with Crippen LogP contribution in [0.1, 0.15) is 33.6 Å². The van der Waals surface area contributed by atoms with Crippen LogP contribution < -0.4 is 0 Å². The third kappa shape index (κ3) is 4.22. The van der Waals surface area contributed by atoms with E-state index in [-0.39, 0.29) is 23.4 Å². The molecular formula is C28H24N2O3. The zero-order valence-corrected chi connectivity index (χ0v) is 18.1. The molecule has 0 radical (unpaired) electrons. The summed E-state index contributed by atoms with van der Waals surface area (Å²) < 4.78 is 0. The number of aromatic hydroxyl groups is 1. The van der Waals surface area contributed by atoms with Crippen LogP contribution >= 0.6 is 0 Å². The van der Waals surface area contributed by atoms with Gasteiger partial charge in [0.1, 0.15) is 5.75 Å². The molecule has 0 aliphatic carbocycles. The number of phenols is 1. The fourth-order valence-electron chi connectivity index (χ4n) is 4.49. The third-order valence-corrected chi connectivity index (χ3v) is 6.32. The first-order valence-corrected chi connectivity index (χ1v) is 11.2. The molecule has 3 aromatic carbocycles. The van der Waals surface area contributed by atoms with Gasteiger partial charge in [-0.15, -0.1) is 0 Å². The van der Waals surface area contributed by atoms with Crippen molar-refractivity contribution in [2.24, 2.45) is 5.92 Å². The van der Waals surface area contributed by atoms with Gasteiger partial charge in [-0.2, -0.15) is 0 Å². The van der Waals surface area contributed by atoms with E-state index in [4.69, 9.17) is 4.98 Å². The molecule has 0 bridgehead atoms. The van der Waals surface area contributed by atoms with Gasteiger partial charge in [0.05, 0.1) is 16.8 Å². The highest BCUT2D eigenvalue weighted by atomic mass is 16.3. The Balaban J connectivity index is 1.38. The van der Waals surface area contributed by atoms with Gasteiger partial charge >= 0.3 is 0 Å². The van der Waals surface area contributed by atoms with Crippen molar-refractivity contribution in [3.8, 4) is 17.0 Å². The number of phenolic OH excluding ortho intramolecular Hbond substituents is 1. The summed E-state index contributed by atoms with van der Waals surface area (Å²) in [5, 5.41) is 10.3. The average molecular weight is 437 g/mol. The molecule has 1 aliphatic rings. The minimum absolute atomic E-state index is 0.0266. The van der Waals surface area contributed by atoms with E-state index in [1.807, 2.05) is 65.6 Å². The number of Topliss-reactive ketones (excluding diaryl/α,β-unsaturated/α-hetero) is 1. The molecule has 5 rings (SSSR count). The van der Waals surface area contributed by atoms with Gasteiger partial charge in [0.2, 0.25) is 0 Å². The number of pyridine rings is 1. The molecule has 164 valence electrons. The lowest BCUT2D eigenvalue weighted by Gasteiger charge is -2.31. The molecule has 0 saturated carbocycles. The number of amides is 1. The summed E-state index contributed by atoms with van der Waals surface area (Å²) in [7, 11) is 0. The van der Waals surface area contributed by atoms with E-state index in [1.165, 1.54) is 12.1 Å². The van der Waals surface area contributed by atoms with Gasteiger partial charge in [-0.25, -0.2) is 4.98 Å². The van der Waals surface area contributed by atoms with Crippen molar-refractivity contribution < 1.29 is 14.7 Å². The van der Waals surface area contributed by atoms with Crippen molar-refractivity contribution in [3.63, 3.8) is 0 Å². The second kappa shape index (κ2) is 8.87. The number of piperidine rings is 1. The van der Waals surface area contributed by atoms with Crippen LogP contribution in [0.25, 0.3) is 22.2 Å². The molecule has 0 atom stereocenters. The van der Waals surface area contributed by atoms with E-state index in [0.717, 1.165) is 22.2 Å². The Morgan fingerprint density at radius 2 is 1.52 bits per heavy atom. The number of fused-ring (bicyclic) bond motifs is 1. The van der Waals surface area contributed by atoms with Crippen molar-refractivity contribution in [2.45, 2.75) is 12.8 Å². The Kier molecular flexibility index (Phi) is 5.61. The first-order valence-electron chi connectivity index (χ1n) is 11.2. The zero-order valence-electron chi connectivity index (χ0n) is 18.1. The predicted molar refractivity (Wildman–Crippen MR) is 128 cm³/mol. The first-order chi connectivity index (χ1) is 16.1. The van der Waals surface area contributed by atoms with E-state index in [9.17, 15) is 14.7 Å². The van der Waals surface area contributed by atoms with Gasteiger partial charge in [-0.05, 0) is 49.2 Å². The molecule has 2 heterocycles. The molecular weight excluding hydrogens is 412 g/mol. The van der Waals surface area contributed by atoms with Crippen LogP contribution in [0.15, 0.2) is 84.9 Å². The van der Waals surface area contributed by atoms with Crippen molar-refractivity contribution >= 4 is 22.6 Å². The molecule has 5 heteroatoms. The number of ketones is 1. The molecule has 1 saturated heterocycles. The van der Waals surface area contributed by atoms with Crippen LogP contribution in [0.4, 0.5) is 0 Å². The Morgan fingerprint density at radius 3 is 2.24 bits per heavy atom. The lowest BCUT2D eigenvalue weighted by atomic mass is 9.88. The summed E-state index contributed by atoms with van der Waals surface area (Å²) in [4.78, 5) is 33.0. The molecule has 1 aromatic heterocycles. The first kappa shape index (κ1) is 20.9. The standard InChI is InChI=1S/C28H24N2O3/c31-22-12-10-20(11-13-22)27(32)21-14-16-30(17-15-21)28(33)24-18-26(19-6-2-1-3-7-19)29-25-9-5-4-8-23(24)25/h1-13,18,21,31H,14-17H2. The number of aromatic nitrogens is 1. The van der Waals surface area contributed by atoms with Crippen molar-refractivity contribution in [3.05, 3.63) is 96.1 Å². The molecule has 1 aliphatic heterocycles. The summed E-state index contributed by atoms with van der Waals surface area (Å²) in [6, 6.07) is 25.8. The Morgan fingerprint density at radius 1 is 0.848 bits per heavy atom. The maximum Gasteiger partial charge on any atom is 0.254 e. The maximum atomic E-state index is 13.6. The SMILES string of the molecule is O=C(c1ccc(O)cc1)C1CCN(C(=O)c2cc(-c3ccccc3)nc3ccccc23)CC1. The van der Waals surface area contributed by atoms with E-state index >= 15 is 0 Å². The monoisotopic (exact) mass is 436 g/mol. The minimum Gasteiger partial charge on any atom is -0.508 e. The summed E-state index contributed by atoms with van der Waals surface area (Å²) in [6.07, 6.45) is 1.25. The summed E-state index contributed by atoms with van der Waals surface area (Å²) >= 11 is 0. The highest BCUT2D eigenvalue weighted by Gasteiger charge is 2.29.